The zero-order chi connectivity index (χ0) is 55.0. The van der Waals surface area contributed by atoms with Crippen LogP contribution >= 0.6 is 0 Å². The number of hydrogen-bond donors (Lipinski definition) is 1. The van der Waals surface area contributed by atoms with Crippen LogP contribution in [-0.4, -0.2) is 125 Å². The molecule has 412 valence electrons. The second-order valence-electron chi connectivity index (χ2n) is 23.7. The molecular formula is C62H74N6O10. The van der Waals surface area contributed by atoms with Gasteiger partial charge in [0, 0.05) is 98.8 Å². The van der Waals surface area contributed by atoms with Crippen molar-refractivity contribution in [3.63, 3.8) is 0 Å². The van der Waals surface area contributed by atoms with Crippen molar-refractivity contribution in [1.29, 1.82) is 0 Å². The van der Waals surface area contributed by atoms with Gasteiger partial charge in [-0.05, 0) is 156 Å². The van der Waals surface area contributed by atoms with Crippen LogP contribution in [0.5, 0.6) is 5.75 Å². The second kappa shape index (κ2) is 20.6. The Hall–Kier alpha value is -6.49. The Morgan fingerprint density at radius 3 is 2.41 bits per heavy atom. The number of allylic oxidation sites excluding steroid dienone is 4. The van der Waals surface area contributed by atoms with E-state index >= 15 is 0 Å². The number of aliphatic hydroxyl groups is 1. The lowest BCUT2D eigenvalue weighted by Crippen LogP contribution is -2.57. The molecule has 16 heteroatoms. The van der Waals surface area contributed by atoms with Crippen LogP contribution in [0.2, 0.25) is 0 Å². The van der Waals surface area contributed by atoms with Gasteiger partial charge in [-0.25, -0.2) is 14.6 Å². The van der Waals surface area contributed by atoms with E-state index in [4.69, 9.17) is 19.2 Å². The first-order valence-electron chi connectivity index (χ1n) is 28.3. The Bertz CT molecular complexity index is 3260. The number of ether oxygens (including phenoxy) is 3. The number of amides is 1. The lowest BCUT2D eigenvalue weighted by molar-refractivity contribution is -0.182. The summed E-state index contributed by atoms with van der Waals surface area (Å²) in [6.45, 7) is 12.0. The molecule has 1 N–H and O–H groups in total. The maximum absolute atomic E-state index is 13.8. The number of piperazine rings is 1. The van der Waals surface area contributed by atoms with Gasteiger partial charge in [-0.1, -0.05) is 38.0 Å². The molecule has 0 unspecified atom stereocenters. The molecule has 4 aliphatic carbocycles. The third-order valence-corrected chi connectivity index (χ3v) is 19.0. The number of nitrogens with zero attached hydrogens (tertiary/aromatic N) is 6. The topological polar surface area (TPSA) is 181 Å². The number of esters is 2. The minimum Gasteiger partial charge on any atom is -0.458 e. The molecule has 2 aromatic heterocycles. The number of ketones is 2. The van der Waals surface area contributed by atoms with E-state index in [0.717, 1.165) is 93.3 Å². The summed E-state index contributed by atoms with van der Waals surface area (Å²) in [6.07, 6.45) is 9.91. The number of rotatable bonds is 14. The third kappa shape index (κ3) is 9.08. The largest absolute Gasteiger partial charge is 0.458 e. The average molecular weight is 1060 g/mol. The molecule has 4 aromatic rings. The summed E-state index contributed by atoms with van der Waals surface area (Å²) in [5.41, 5.74) is 6.46. The maximum Gasteiger partial charge on any atom is 0.415 e. The molecule has 2 saturated carbocycles. The smallest absolute Gasteiger partial charge is 0.415 e. The van der Waals surface area contributed by atoms with E-state index < -0.39 is 34.6 Å². The molecule has 0 spiro atoms. The van der Waals surface area contributed by atoms with E-state index in [1.807, 2.05) is 37.2 Å². The van der Waals surface area contributed by atoms with E-state index in [1.165, 1.54) is 29.2 Å². The Labute approximate surface area is 456 Å². The van der Waals surface area contributed by atoms with E-state index in [-0.39, 0.29) is 65.6 Å². The summed E-state index contributed by atoms with van der Waals surface area (Å²) < 4.78 is 19.2. The van der Waals surface area contributed by atoms with Crippen LogP contribution in [0.15, 0.2) is 76.1 Å². The molecule has 5 heterocycles. The molecule has 0 bridgehead atoms. The quantitative estimate of drug-likeness (QED) is 0.0828. The summed E-state index contributed by atoms with van der Waals surface area (Å²) in [4.78, 5) is 92.6. The first-order valence-corrected chi connectivity index (χ1v) is 28.3. The number of carbonyl (C=O) groups is 5. The van der Waals surface area contributed by atoms with Crippen molar-refractivity contribution in [2.24, 2.45) is 17.3 Å². The molecule has 7 aliphatic rings. The van der Waals surface area contributed by atoms with Gasteiger partial charge in [-0.3, -0.25) is 24.1 Å². The number of Topliss-reactive ketones (excluding diaryl/α,β-unsaturated/α-hetero) is 1. The van der Waals surface area contributed by atoms with Crippen molar-refractivity contribution in [2.45, 2.75) is 135 Å². The number of pyridine rings is 2. The molecule has 11 rings (SSSR count). The summed E-state index contributed by atoms with van der Waals surface area (Å²) in [5, 5.41) is 12.1. The fraction of sp³-hybridized carbons (Fsp3) is 0.532. The number of fused-ring (bicyclic) bond motifs is 9. The van der Waals surface area contributed by atoms with Crippen molar-refractivity contribution in [3.05, 3.63) is 109 Å². The number of hydrogen-bond acceptors (Lipinski definition) is 14. The summed E-state index contributed by atoms with van der Waals surface area (Å²) in [7, 11) is 6.06. The fourth-order valence-electron chi connectivity index (χ4n) is 14.9. The molecule has 1 saturated heterocycles. The van der Waals surface area contributed by atoms with Crippen molar-refractivity contribution in [1.82, 2.24) is 24.3 Å². The number of benzene rings is 2. The predicted octanol–water partition coefficient (Wildman–Crippen LogP) is 8.35. The van der Waals surface area contributed by atoms with E-state index in [0.29, 0.717) is 61.6 Å². The number of anilines is 1. The molecule has 2 aromatic carbocycles. The molecule has 0 radical (unpaired) electrons. The van der Waals surface area contributed by atoms with Crippen molar-refractivity contribution in [2.75, 3.05) is 65.3 Å². The van der Waals surface area contributed by atoms with Crippen LogP contribution in [0, 0.1) is 17.3 Å². The molecular weight excluding hydrogens is 989 g/mol. The molecule has 78 heavy (non-hydrogen) atoms. The number of aromatic nitrogens is 2. The highest BCUT2D eigenvalue weighted by atomic mass is 16.6. The van der Waals surface area contributed by atoms with E-state index in [9.17, 15) is 33.9 Å². The molecule has 16 nitrogen and oxygen atoms in total. The molecule has 3 aliphatic heterocycles. The Kier molecular flexibility index (Phi) is 14.2. The van der Waals surface area contributed by atoms with Gasteiger partial charge in [-0.15, -0.1) is 0 Å². The summed E-state index contributed by atoms with van der Waals surface area (Å²) >= 11 is 0. The molecule has 3 fully saturated rings. The second-order valence-corrected chi connectivity index (χ2v) is 23.7. The number of carbonyl (C=O) groups excluding carboxylic acids is 5. The lowest BCUT2D eigenvalue weighted by Gasteiger charge is -2.55. The van der Waals surface area contributed by atoms with Gasteiger partial charge >= 0.3 is 18.0 Å². The van der Waals surface area contributed by atoms with Gasteiger partial charge in [0.2, 0.25) is 0 Å². The minimum absolute atomic E-state index is 0.0507. The zero-order valence-corrected chi connectivity index (χ0v) is 46.4. The summed E-state index contributed by atoms with van der Waals surface area (Å²) in [6, 6.07) is 16.3. The van der Waals surface area contributed by atoms with Crippen LogP contribution in [0.1, 0.15) is 132 Å². The Morgan fingerprint density at radius 1 is 0.923 bits per heavy atom. The predicted molar refractivity (Wildman–Crippen MR) is 295 cm³/mol. The molecule has 6 atom stereocenters. The fourth-order valence-corrected chi connectivity index (χ4v) is 14.9. The van der Waals surface area contributed by atoms with Crippen molar-refractivity contribution < 1.29 is 43.3 Å². The highest BCUT2D eigenvalue weighted by molar-refractivity contribution is 5.93. The summed E-state index contributed by atoms with van der Waals surface area (Å²) in [5.74, 6) is -0.0247. The number of unbranched alkanes of at least 4 members (excludes halogenated alkanes) is 2. The zero-order valence-electron chi connectivity index (χ0n) is 46.4. The van der Waals surface area contributed by atoms with Gasteiger partial charge in [-0.2, -0.15) is 0 Å². The van der Waals surface area contributed by atoms with Gasteiger partial charge in [0.15, 0.2) is 22.8 Å². The first-order chi connectivity index (χ1) is 37.3. The van der Waals surface area contributed by atoms with Gasteiger partial charge in [0.05, 0.1) is 29.0 Å². The minimum atomic E-state index is -1.91. The van der Waals surface area contributed by atoms with Crippen molar-refractivity contribution >= 4 is 46.2 Å². The van der Waals surface area contributed by atoms with Gasteiger partial charge in [0.25, 0.3) is 5.56 Å². The van der Waals surface area contributed by atoms with E-state index in [1.54, 1.807) is 35.4 Å². The number of cyclic esters (lactones) is 1. The average Bonchev–Trinajstić information content (AvgIpc) is 3.59. The van der Waals surface area contributed by atoms with Crippen LogP contribution < -0.4 is 15.2 Å². The van der Waals surface area contributed by atoms with Crippen LogP contribution in [0.3, 0.4) is 0 Å². The van der Waals surface area contributed by atoms with Crippen LogP contribution in [0.4, 0.5) is 10.5 Å². The lowest BCUT2D eigenvalue weighted by atomic mass is 9.50. The molecule has 1 amide bonds. The highest BCUT2D eigenvalue weighted by Crippen LogP contribution is 2.68. The van der Waals surface area contributed by atoms with Gasteiger partial charge < -0.3 is 38.6 Å². The first kappa shape index (κ1) is 53.5. The van der Waals surface area contributed by atoms with Gasteiger partial charge in [0.1, 0.15) is 12.4 Å². The Balaban J connectivity index is 0.692. The Morgan fingerprint density at radius 2 is 1.69 bits per heavy atom. The monoisotopic (exact) mass is 1060 g/mol. The van der Waals surface area contributed by atoms with Crippen molar-refractivity contribution in [3.8, 4) is 17.1 Å². The SMILES string of the molecule is CC[C@@]1(O)C(=O)OCc2c1cc1n(c2=O)Cc2cc3c(CN(C)C)c(OC(=O)N4CCN(CCCCCN(C)c5ccc([C@H]6C[C@@]7(C)[C@@H](CC[C@]7(OC(C)=O)C(C)=O)[C@@H]7CCC8=CC(=O)CCC8=C76)cc5)CC4)ccc3nc2-1. The van der Waals surface area contributed by atoms with Crippen LogP contribution in [-0.2, 0) is 53.9 Å². The van der Waals surface area contributed by atoms with Crippen LogP contribution in [0.25, 0.3) is 22.3 Å². The highest BCUT2D eigenvalue weighted by Gasteiger charge is 2.67. The normalized spacial score (nSPS) is 26.3. The third-order valence-electron chi connectivity index (χ3n) is 19.0. The van der Waals surface area contributed by atoms with E-state index in [2.05, 4.69) is 48.0 Å². The maximum atomic E-state index is 13.8. The standard InChI is InChI=1S/C62H74N6O10/c1-8-61(75)51-32-53-56-41(34-68(53)57(72)49(51)36-76-58(61)73)31-46-48(35-64(5)6)54(21-20-52(46)63-56)77-59(74)67-28-26-66(27-29-67)25-11-9-10-24-65(7)42-15-12-39(13-16-42)47-33-60(4)50(22-23-62(60,37(2)69)78-38(3)70)45-18-14-40-30-43(71)17-19-44(40)55(45)47/h12-13,15-16,20-21,30-32,45,47,50,75H,8-11,14,17-19,22-29,33-36H2,1-7H3/t45-,47+,50-,60-,61-,62-/m0/s1.